The van der Waals surface area contributed by atoms with E-state index < -0.39 is 10.8 Å². The van der Waals surface area contributed by atoms with Gasteiger partial charge in [-0.15, -0.1) is 0 Å². The first kappa shape index (κ1) is 22.3. The van der Waals surface area contributed by atoms with Crippen molar-refractivity contribution in [1.29, 1.82) is 5.26 Å². The second-order valence-electron chi connectivity index (χ2n) is 9.33. The van der Waals surface area contributed by atoms with Crippen molar-refractivity contribution in [3.8, 4) is 6.07 Å². The molecule has 3 aromatic rings. The lowest BCUT2D eigenvalue weighted by Gasteiger charge is -2.20. The predicted molar refractivity (Wildman–Crippen MR) is 127 cm³/mol. The molecule has 3 atom stereocenters. The first-order valence-corrected chi connectivity index (χ1v) is 12.2. The van der Waals surface area contributed by atoms with E-state index in [4.69, 9.17) is 5.10 Å². The molecule has 4 rings (SSSR count). The van der Waals surface area contributed by atoms with E-state index in [1.165, 1.54) is 0 Å². The van der Waals surface area contributed by atoms with Crippen LogP contribution in [0.5, 0.6) is 0 Å². The number of rotatable bonds is 4. The number of benzene rings is 1. The Balaban J connectivity index is 1.72. The van der Waals surface area contributed by atoms with Gasteiger partial charge in [0, 0.05) is 21.5 Å². The number of nitriles is 1. The molecule has 0 saturated heterocycles. The molecule has 2 heterocycles. The number of hydrogen-bond donors (Lipinski definition) is 2. The molecule has 0 radical (unpaired) electrons. The minimum absolute atomic E-state index is 0.0565. The van der Waals surface area contributed by atoms with Crippen LogP contribution in [-0.2, 0) is 10.8 Å². The van der Waals surface area contributed by atoms with Gasteiger partial charge in [0.15, 0.2) is 5.82 Å². The lowest BCUT2D eigenvalue weighted by Crippen LogP contribution is -2.21. The summed E-state index contributed by atoms with van der Waals surface area (Å²) in [6, 6.07) is 11.6. The Morgan fingerprint density at radius 1 is 1.16 bits per heavy atom. The van der Waals surface area contributed by atoms with E-state index in [1.54, 1.807) is 6.20 Å². The highest BCUT2D eigenvalue weighted by Crippen LogP contribution is 2.35. The first-order valence-electron chi connectivity index (χ1n) is 11.1. The van der Waals surface area contributed by atoms with Gasteiger partial charge >= 0.3 is 0 Å². The zero-order valence-corrected chi connectivity index (χ0v) is 19.5. The molecule has 0 bridgehead atoms. The van der Waals surface area contributed by atoms with Crippen molar-refractivity contribution < 1.29 is 4.21 Å². The summed E-state index contributed by atoms with van der Waals surface area (Å²) in [6.07, 6.45) is 6.54. The van der Waals surface area contributed by atoms with E-state index in [2.05, 4.69) is 16.4 Å². The standard InChI is InChI=1S/C24H29N5O2S/c1-24(2,3)32(31)18-11-9-17(10-12-18)27-22-21-20(13-14-26-23(21)30)29(28-22)19-8-6-4-5-7-16(19)15-25/h9-14,16,19H,4-8H2,1-3H3,(H,26,30)(H,27,28)/t16-,19-,32?/m0/s1. The SMILES string of the molecule is CC(C)(C)S(=O)c1ccc(Nc2nn([C@H]3CCCCC[C@H]3C#N)c3cc[nH]c(=O)c23)cc1. The van der Waals surface area contributed by atoms with Crippen LogP contribution in [0.3, 0.4) is 0 Å². The fraction of sp³-hybridized carbons (Fsp3) is 0.458. The maximum Gasteiger partial charge on any atom is 0.261 e. The van der Waals surface area contributed by atoms with Crippen LogP contribution in [0.1, 0.15) is 58.9 Å². The van der Waals surface area contributed by atoms with E-state index in [9.17, 15) is 14.3 Å². The van der Waals surface area contributed by atoms with Gasteiger partial charge in [0.1, 0.15) is 5.39 Å². The number of anilines is 2. The van der Waals surface area contributed by atoms with Crippen molar-refractivity contribution in [1.82, 2.24) is 14.8 Å². The van der Waals surface area contributed by atoms with Crippen molar-refractivity contribution in [2.24, 2.45) is 5.92 Å². The zero-order chi connectivity index (χ0) is 22.9. The topological polar surface area (TPSA) is 104 Å². The number of fused-ring (bicyclic) bond motifs is 1. The summed E-state index contributed by atoms with van der Waals surface area (Å²) in [6.45, 7) is 5.84. The Hall–Kier alpha value is -2.92. The van der Waals surface area contributed by atoms with Crippen LogP contribution in [0, 0.1) is 17.2 Å². The summed E-state index contributed by atoms with van der Waals surface area (Å²) in [4.78, 5) is 16.2. The normalized spacial score (nSPS) is 20.4. The van der Waals surface area contributed by atoms with Crippen molar-refractivity contribution >= 4 is 33.2 Å². The van der Waals surface area contributed by atoms with Crippen LogP contribution in [0.15, 0.2) is 46.2 Å². The van der Waals surface area contributed by atoms with Gasteiger partial charge in [-0.05, 0) is 63.9 Å². The van der Waals surface area contributed by atoms with Crippen molar-refractivity contribution in [3.05, 3.63) is 46.9 Å². The molecule has 32 heavy (non-hydrogen) atoms. The third-order valence-electron chi connectivity index (χ3n) is 5.98. The zero-order valence-electron chi connectivity index (χ0n) is 18.7. The lowest BCUT2D eigenvalue weighted by molar-refractivity contribution is 0.353. The number of pyridine rings is 1. The summed E-state index contributed by atoms with van der Waals surface area (Å²) in [5, 5.41) is 18.3. The summed E-state index contributed by atoms with van der Waals surface area (Å²) in [5.74, 6) is 0.340. The molecule has 1 saturated carbocycles. The lowest BCUT2D eigenvalue weighted by atomic mass is 9.96. The van der Waals surface area contributed by atoms with Gasteiger partial charge < -0.3 is 10.3 Å². The molecule has 1 unspecified atom stereocenters. The Kier molecular flexibility index (Phi) is 6.20. The van der Waals surface area contributed by atoms with Gasteiger partial charge in [-0.2, -0.15) is 10.4 Å². The molecule has 0 aliphatic heterocycles. The quantitative estimate of drug-likeness (QED) is 0.542. The van der Waals surface area contributed by atoms with Crippen LogP contribution >= 0.6 is 0 Å². The Morgan fingerprint density at radius 2 is 1.88 bits per heavy atom. The summed E-state index contributed by atoms with van der Waals surface area (Å²) >= 11 is 0. The average Bonchev–Trinajstić information content (AvgIpc) is 2.96. The van der Waals surface area contributed by atoms with Crippen LogP contribution < -0.4 is 10.9 Å². The van der Waals surface area contributed by atoms with E-state index in [-0.39, 0.29) is 22.3 Å². The third-order valence-corrected chi connectivity index (χ3v) is 7.79. The second kappa shape index (κ2) is 8.91. The number of hydrogen-bond acceptors (Lipinski definition) is 5. The molecular weight excluding hydrogens is 422 g/mol. The van der Waals surface area contributed by atoms with Gasteiger partial charge in [-0.1, -0.05) is 19.3 Å². The average molecular weight is 452 g/mol. The van der Waals surface area contributed by atoms with E-state index >= 15 is 0 Å². The number of nitrogens with zero attached hydrogens (tertiary/aromatic N) is 3. The first-order chi connectivity index (χ1) is 15.3. The molecule has 2 N–H and O–H groups in total. The highest BCUT2D eigenvalue weighted by molar-refractivity contribution is 7.86. The molecule has 2 aromatic heterocycles. The third kappa shape index (κ3) is 4.35. The molecule has 1 aliphatic carbocycles. The fourth-order valence-electron chi connectivity index (χ4n) is 4.32. The molecule has 1 aliphatic rings. The van der Waals surface area contributed by atoms with Crippen LogP contribution in [0.2, 0.25) is 0 Å². The molecule has 168 valence electrons. The van der Waals surface area contributed by atoms with Crippen molar-refractivity contribution in [2.75, 3.05) is 5.32 Å². The smallest absolute Gasteiger partial charge is 0.261 e. The van der Waals surface area contributed by atoms with Gasteiger partial charge in [-0.25, -0.2) is 0 Å². The van der Waals surface area contributed by atoms with Crippen LogP contribution in [0.4, 0.5) is 11.5 Å². The molecule has 1 aromatic carbocycles. The molecule has 7 nitrogen and oxygen atoms in total. The molecule has 0 amide bonds. The minimum atomic E-state index is -1.12. The van der Waals surface area contributed by atoms with E-state index in [0.29, 0.717) is 11.2 Å². The molecule has 8 heteroatoms. The van der Waals surface area contributed by atoms with Gasteiger partial charge in [0.05, 0.1) is 34.3 Å². The highest BCUT2D eigenvalue weighted by Gasteiger charge is 2.29. The van der Waals surface area contributed by atoms with Crippen LogP contribution in [0.25, 0.3) is 10.9 Å². The number of aromatic nitrogens is 3. The molecule has 1 fully saturated rings. The summed E-state index contributed by atoms with van der Waals surface area (Å²) < 4.78 is 14.2. The van der Waals surface area contributed by atoms with Crippen LogP contribution in [-0.4, -0.2) is 23.7 Å². The van der Waals surface area contributed by atoms with Crippen molar-refractivity contribution in [2.45, 2.75) is 68.6 Å². The summed E-state index contributed by atoms with van der Waals surface area (Å²) in [5.41, 5.74) is 1.27. The predicted octanol–water partition coefficient (Wildman–Crippen LogP) is 5.02. The Bertz CT molecular complexity index is 1230. The van der Waals surface area contributed by atoms with E-state index in [1.807, 2.05) is 55.8 Å². The fourth-order valence-corrected chi connectivity index (χ4v) is 5.41. The highest BCUT2D eigenvalue weighted by atomic mass is 32.2. The number of aromatic amines is 1. The van der Waals surface area contributed by atoms with E-state index in [0.717, 1.165) is 48.2 Å². The number of nitrogens with one attached hydrogen (secondary N) is 2. The molecule has 0 spiro atoms. The summed E-state index contributed by atoms with van der Waals surface area (Å²) in [7, 11) is -1.12. The number of H-pyrrole nitrogens is 1. The van der Waals surface area contributed by atoms with Gasteiger partial charge in [0.25, 0.3) is 5.56 Å². The Morgan fingerprint density at radius 3 is 2.56 bits per heavy atom. The Labute approximate surface area is 190 Å². The monoisotopic (exact) mass is 451 g/mol. The van der Waals surface area contributed by atoms with Crippen molar-refractivity contribution in [3.63, 3.8) is 0 Å². The maximum absolute atomic E-state index is 12.7. The molecular formula is C24H29N5O2S. The van der Waals surface area contributed by atoms with Gasteiger partial charge in [-0.3, -0.25) is 13.7 Å². The second-order valence-corrected chi connectivity index (χ2v) is 11.6. The largest absolute Gasteiger partial charge is 0.338 e. The minimum Gasteiger partial charge on any atom is -0.338 e. The van der Waals surface area contributed by atoms with Gasteiger partial charge in [0.2, 0.25) is 0 Å². The maximum atomic E-state index is 12.7.